The van der Waals surface area contributed by atoms with Gasteiger partial charge in [0.1, 0.15) is 5.82 Å². The van der Waals surface area contributed by atoms with Crippen LogP contribution < -0.4 is 0 Å². The van der Waals surface area contributed by atoms with Crippen molar-refractivity contribution >= 4 is 17.0 Å². The number of hydrogen-bond acceptors (Lipinski definition) is 3. The Balaban J connectivity index is 2.42. The summed E-state index contributed by atoms with van der Waals surface area (Å²) in [6.07, 6.45) is 0.840. The van der Waals surface area contributed by atoms with Gasteiger partial charge >= 0.3 is 5.97 Å². The van der Waals surface area contributed by atoms with Gasteiger partial charge in [-0.25, -0.2) is 9.78 Å². The van der Waals surface area contributed by atoms with E-state index in [-0.39, 0.29) is 0 Å². The third-order valence-corrected chi connectivity index (χ3v) is 3.64. The van der Waals surface area contributed by atoms with E-state index in [9.17, 15) is 4.79 Å². The molecule has 0 saturated carbocycles. The van der Waals surface area contributed by atoms with E-state index < -0.39 is 5.97 Å². The lowest BCUT2D eigenvalue weighted by Crippen LogP contribution is -2.23. The Hall–Kier alpha value is -1.88. The fourth-order valence-corrected chi connectivity index (χ4v) is 2.25. The molecule has 2 rings (SSSR count). The van der Waals surface area contributed by atoms with Gasteiger partial charge in [-0.1, -0.05) is 13.8 Å². The third kappa shape index (κ3) is 2.82. The highest BCUT2D eigenvalue weighted by molar-refractivity contribution is 5.92. The summed E-state index contributed by atoms with van der Waals surface area (Å²) in [5.74, 6) is 0.107. The third-order valence-electron chi connectivity index (χ3n) is 3.64. The average molecular weight is 275 g/mol. The summed E-state index contributed by atoms with van der Waals surface area (Å²) < 4.78 is 2.13. The molecule has 0 aliphatic heterocycles. The molecule has 1 aromatic heterocycles. The van der Waals surface area contributed by atoms with Crippen molar-refractivity contribution < 1.29 is 9.90 Å². The molecule has 0 unspecified atom stereocenters. The standard InChI is InChI=1S/C15H21N3O2/c1-4-14-16-12-7-6-11(15(19)20)10-13(12)18(14)9-8-17(3)5-2/h6-7,10H,4-5,8-9H2,1-3H3,(H,19,20). The molecule has 0 aliphatic carbocycles. The van der Waals surface area contributed by atoms with E-state index in [2.05, 4.69) is 35.3 Å². The highest BCUT2D eigenvalue weighted by Crippen LogP contribution is 2.19. The fraction of sp³-hybridized carbons (Fsp3) is 0.467. The second-order valence-electron chi connectivity index (χ2n) is 4.94. The minimum absolute atomic E-state index is 0.310. The predicted octanol–water partition coefficient (Wildman–Crippen LogP) is 2.25. The fourth-order valence-electron chi connectivity index (χ4n) is 2.25. The van der Waals surface area contributed by atoms with Crippen LogP contribution >= 0.6 is 0 Å². The van der Waals surface area contributed by atoms with E-state index in [4.69, 9.17) is 5.11 Å². The molecule has 0 amide bonds. The largest absolute Gasteiger partial charge is 0.478 e. The molecule has 0 bridgehead atoms. The number of aromatic nitrogens is 2. The second-order valence-corrected chi connectivity index (χ2v) is 4.94. The summed E-state index contributed by atoms with van der Waals surface area (Å²) in [5.41, 5.74) is 2.09. The maximum atomic E-state index is 11.1. The topological polar surface area (TPSA) is 58.4 Å². The molecule has 1 N–H and O–H groups in total. The van der Waals surface area contributed by atoms with Crippen molar-refractivity contribution in [3.63, 3.8) is 0 Å². The minimum Gasteiger partial charge on any atom is -0.478 e. The van der Waals surface area contributed by atoms with Crippen LogP contribution in [0.25, 0.3) is 11.0 Å². The summed E-state index contributed by atoms with van der Waals surface area (Å²) in [7, 11) is 2.08. The number of carbonyl (C=O) groups is 1. The number of aromatic carboxylic acids is 1. The number of rotatable bonds is 6. The normalized spacial score (nSPS) is 11.4. The van der Waals surface area contributed by atoms with E-state index in [0.717, 1.165) is 42.9 Å². The maximum absolute atomic E-state index is 11.1. The smallest absolute Gasteiger partial charge is 0.335 e. The number of carboxylic acids is 1. The molecular formula is C15H21N3O2. The van der Waals surface area contributed by atoms with Gasteiger partial charge in [0.15, 0.2) is 0 Å². The Morgan fingerprint density at radius 2 is 2.15 bits per heavy atom. The van der Waals surface area contributed by atoms with Crippen LogP contribution in [0, 0.1) is 0 Å². The molecule has 0 atom stereocenters. The summed E-state index contributed by atoms with van der Waals surface area (Å²) in [5, 5.41) is 9.12. The SMILES string of the molecule is CCc1nc2ccc(C(=O)O)cc2n1CCN(C)CC. The molecule has 1 aromatic carbocycles. The number of likely N-dealkylation sites (N-methyl/N-ethyl adjacent to an activating group) is 1. The highest BCUT2D eigenvalue weighted by atomic mass is 16.4. The number of aryl methyl sites for hydroxylation is 1. The Labute approximate surface area is 118 Å². The molecule has 2 aromatic rings. The number of fused-ring (bicyclic) bond motifs is 1. The van der Waals surface area contributed by atoms with Crippen molar-refractivity contribution in [2.45, 2.75) is 26.8 Å². The number of benzene rings is 1. The van der Waals surface area contributed by atoms with Crippen LogP contribution in [-0.4, -0.2) is 45.7 Å². The Morgan fingerprint density at radius 3 is 2.75 bits per heavy atom. The van der Waals surface area contributed by atoms with Crippen LogP contribution in [0.2, 0.25) is 0 Å². The number of carboxylic acid groups (broad SMARTS) is 1. The molecule has 20 heavy (non-hydrogen) atoms. The summed E-state index contributed by atoms with van der Waals surface area (Å²) >= 11 is 0. The van der Waals surface area contributed by atoms with Gasteiger partial charge in [-0.3, -0.25) is 0 Å². The molecule has 0 spiro atoms. The molecule has 5 heteroatoms. The van der Waals surface area contributed by atoms with Gasteiger partial charge in [-0.15, -0.1) is 0 Å². The van der Waals surface area contributed by atoms with Crippen molar-refractivity contribution in [1.82, 2.24) is 14.5 Å². The quantitative estimate of drug-likeness (QED) is 0.878. The predicted molar refractivity (Wildman–Crippen MR) is 79.2 cm³/mol. The van der Waals surface area contributed by atoms with Gasteiger partial charge in [0.2, 0.25) is 0 Å². The first-order valence-electron chi connectivity index (χ1n) is 6.97. The molecule has 0 radical (unpaired) electrons. The van der Waals surface area contributed by atoms with Crippen molar-refractivity contribution in [3.05, 3.63) is 29.6 Å². The number of imidazole rings is 1. The lowest BCUT2D eigenvalue weighted by Gasteiger charge is -2.15. The Morgan fingerprint density at radius 1 is 1.40 bits per heavy atom. The molecule has 0 saturated heterocycles. The number of nitrogens with zero attached hydrogens (tertiary/aromatic N) is 3. The van der Waals surface area contributed by atoms with Gasteiger partial charge in [0.05, 0.1) is 16.6 Å². The van der Waals surface area contributed by atoms with Gasteiger partial charge in [0.25, 0.3) is 0 Å². The minimum atomic E-state index is -0.900. The van der Waals surface area contributed by atoms with Gasteiger partial charge in [-0.05, 0) is 31.8 Å². The number of hydrogen-bond donors (Lipinski definition) is 1. The van der Waals surface area contributed by atoms with Crippen LogP contribution in [0.4, 0.5) is 0 Å². The monoisotopic (exact) mass is 275 g/mol. The zero-order valence-electron chi connectivity index (χ0n) is 12.3. The average Bonchev–Trinajstić information content (AvgIpc) is 2.81. The first kappa shape index (κ1) is 14.5. The first-order valence-corrected chi connectivity index (χ1v) is 6.97. The maximum Gasteiger partial charge on any atom is 0.335 e. The molecule has 0 aliphatic rings. The lowest BCUT2D eigenvalue weighted by molar-refractivity contribution is 0.0697. The van der Waals surface area contributed by atoms with E-state index in [1.807, 2.05) is 0 Å². The summed E-state index contributed by atoms with van der Waals surface area (Å²) in [6, 6.07) is 5.12. The van der Waals surface area contributed by atoms with E-state index in [1.54, 1.807) is 18.2 Å². The van der Waals surface area contributed by atoms with Crippen LogP contribution in [0.3, 0.4) is 0 Å². The van der Waals surface area contributed by atoms with Crippen LogP contribution in [-0.2, 0) is 13.0 Å². The zero-order chi connectivity index (χ0) is 14.7. The van der Waals surface area contributed by atoms with Gasteiger partial charge < -0.3 is 14.6 Å². The Bertz CT molecular complexity index is 619. The van der Waals surface area contributed by atoms with Crippen molar-refractivity contribution in [2.24, 2.45) is 0 Å². The lowest BCUT2D eigenvalue weighted by atomic mass is 10.2. The molecule has 1 heterocycles. The summed E-state index contributed by atoms with van der Waals surface area (Å²) in [6.45, 7) is 6.93. The molecule has 5 nitrogen and oxygen atoms in total. The van der Waals surface area contributed by atoms with Crippen LogP contribution in [0.1, 0.15) is 30.0 Å². The zero-order valence-corrected chi connectivity index (χ0v) is 12.3. The van der Waals surface area contributed by atoms with Crippen LogP contribution in [0.5, 0.6) is 0 Å². The van der Waals surface area contributed by atoms with E-state index in [1.165, 1.54) is 0 Å². The summed E-state index contributed by atoms with van der Waals surface area (Å²) in [4.78, 5) is 17.9. The van der Waals surface area contributed by atoms with Crippen molar-refractivity contribution in [1.29, 1.82) is 0 Å². The van der Waals surface area contributed by atoms with Crippen molar-refractivity contribution in [2.75, 3.05) is 20.1 Å². The van der Waals surface area contributed by atoms with Gasteiger partial charge in [-0.2, -0.15) is 0 Å². The van der Waals surface area contributed by atoms with E-state index >= 15 is 0 Å². The molecular weight excluding hydrogens is 254 g/mol. The van der Waals surface area contributed by atoms with Crippen molar-refractivity contribution in [3.8, 4) is 0 Å². The second kappa shape index (κ2) is 6.05. The first-order chi connectivity index (χ1) is 9.56. The van der Waals surface area contributed by atoms with Crippen LogP contribution in [0.15, 0.2) is 18.2 Å². The van der Waals surface area contributed by atoms with E-state index in [0.29, 0.717) is 5.56 Å². The Kier molecular flexibility index (Phi) is 4.39. The molecule has 108 valence electrons. The van der Waals surface area contributed by atoms with Gasteiger partial charge in [0, 0.05) is 19.5 Å². The highest BCUT2D eigenvalue weighted by Gasteiger charge is 2.12. The molecule has 0 fully saturated rings.